The van der Waals surface area contributed by atoms with Gasteiger partial charge in [-0.2, -0.15) is 0 Å². The molecule has 28 heavy (non-hydrogen) atoms. The van der Waals surface area contributed by atoms with Gasteiger partial charge in [0.05, 0.1) is 29.4 Å². The Morgan fingerprint density at radius 3 is 2.36 bits per heavy atom. The number of aromatic nitrogens is 1. The van der Waals surface area contributed by atoms with E-state index in [9.17, 15) is 4.79 Å². The zero-order valence-electron chi connectivity index (χ0n) is 15.7. The van der Waals surface area contributed by atoms with Crippen LogP contribution in [0.25, 0.3) is 5.52 Å². The number of carbonyl (C=O) groups is 1. The maximum Gasteiger partial charge on any atom is 0.340 e. The summed E-state index contributed by atoms with van der Waals surface area (Å²) in [6, 6.07) is 28.0. The van der Waals surface area contributed by atoms with Crippen molar-refractivity contribution in [1.29, 1.82) is 0 Å². The molecule has 0 amide bonds. The van der Waals surface area contributed by atoms with E-state index in [1.54, 1.807) is 0 Å². The van der Waals surface area contributed by atoms with Gasteiger partial charge in [0, 0.05) is 11.9 Å². The maximum absolute atomic E-state index is 12.5. The summed E-state index contributed by atoms with van der Waals surface area (Å²) in [5, 5.41) is 3.62. The third-order valence-electron chi connectivity index (χ3n) is 4.72. The van der Waals surface area contributed by atoms with Gasteiger partial charge in [-0.15, -0.1) is 0 Å². The summed E-state index contributed by atoms with van der Waals surface area (Å²) in [6.45, 7) is 2.17. The first-order valence-electron chi connectivity index (χ1n) is 9.41. The Kier molecular flexibility index (Phi) is 5.11. The van der Waals surface area contributed by atoms with Crippen LogP contribution < -0.4 is 5.32 Å². The van der Waals surface area contributed by atoms with Gasteiger partial charge in [0.15, 0.2) is 0 Å². The van der Waals surface area contributed by atoms with Crippen LogP contribution in [0.5, 0.6) is 0 Å². The lowest BCUT2D eigenvalue weighted by molar-refractivity contribution is 0.0529. The summed E-state index contributed by atoms with van der Waals surface area (Å²) in [5.74, 6) is -0.302. The van der Waals surface area contributed by atoms with Gasteiger partial charge >= 0.3 is 5.97 Å². The number of hydrogen-bond donors (Lipinski definition) is 1. The third kappa shape index (κ3) is 3.49. The second-order valence-corrected chi connectivity index (χ2v) is 6.51. The Hall–Kier alpha value is -3.53. The fourth-order valence-electron chi connectivity index (χ4n) is 3.45. The van der Waals surface area contributed by atoms with Gasteiger partial charge in [0.2, 0.25) is 0 Å². The number of benzene rings is 2. The molecule has 4 heteroatoms. The number of para-hydroxylation sites is 1. The molecule has 0 saturated heterocycles. The molecular weight excluding hydrogens is 348 g/mol. The summed E-state index contributed by atoms with van der Waals surface area (Å²) >= 11 is 0. The molecule has 0 aliphatic rings. The summed E-state index contributed by atoms with van der Waals surface area (Å²) in [5.41, 5.74) is 4.53. The lowest BCUT2D eigenvalue weighted by Crippen LogP contribution is -2.14. The first-order chi connectivity index (χ1) is 13.8. The molecule has 2 aromatic heterocycles. The highest BCUT2D eigenvalue weighted by molar-refractivity contribution is 5.97. The molecule has 0 saturated carbocycles. The monoisotopic (exact) mass is 370 g/mol. The van der Waals surface area contributed by atoms with Crippen molar-refractivity contribution >= 4 is 17.2 Å². The van der Waals surface area contributed by atoms with Gasteiger partial charge < -0.3 is 14.5 Å². The van der Waals surface area contributed by atoms with Gasteiger partial charge in [-0.1, -0.05) is 54.6 Å². The highest BCUT2D eigenvalue weighted by atomic mass is 16.5. The largest absolute Gasteiger partial charge is 0.462 e. The minimum atomic E-state index is -0.302. The van der Waals surface area contributed by atoms with Crippen LogP contribution in [0.3, 0.4) is 0 Å². The Morgan fingerprint density at radius 1 is 0.964 bits per heavy atom. The molecule has 0 bridgehead atoms. The third-order valence-corrected chi connectivity index (χ3v) is 4.72. The molecule has 1 N–H and O–H groups in total. The normalized spacial score (nSPS) is 11.9. The molecule has 0 aliphatic heterocycles. The molecule has 2 aromatic carbocycles. The number of rotatable bonds is 6. The Balaban J connectivity index is 1.86. The van der Waals surface area contributed by atoms with E-state index in [1.165, 1.54) is 0 Å². The van der Waals surface area contributed by atoms with Gasteiger partial charge in [-0.3, -0.25) is 0 Å². The molecule has 0 aliphatic carbocycles. The Bertz CT molecular complexity index is 1070. The molecule has 2 heterocycles. The number of nitrogens with zero attached hydrogens (tertiary/aromatic N) is 1. The quantitative estimate of drug-likeness (QED) is 0.467. The molecule has 1 atom stereocenters. The number of carbonyl (C=O) groups excluding carboxylic acids is 1. The van der Waals surface area contributed by atoms with Crippen LogP contribution >= 0.6 is 0 Å². The summed E-state index contributed by atoms with van der Waals surface area (Å²) < 4.78 is 7.34. The second-order valence-electron chi connectivity index (χ2n) is 6.51. The van der Waals surface area contributed by atoms with Crippen molar-refractivity contribution in [2.45, 2.75) is 13.0 Å². The topological polar surface area (TPSA) is 42.7 Å². The summed E-state index contributed by atoms with van der Waals surface area (Å²) in [4.78, 5) is 12.5. The van der Waals surface area contributed by atoms with E-state index in [-0.39, 0.29) is 12.0 Å². The van der Waals surface area contributed by atoms with Crippen LogP contribution in [0.1, 0.15) is 34.6 Å². The molecule has 0 spiro atoms. The predicted octanol–water partition coefficient (Wildman–Crippen LogP) is 5.32. The molecule has 140 valence electrons. The van der Waals surface area contributed by atoms with Crippen LogP contribution in [-0.2, 0) is 4.74 Å². The lowest BCUT2D eigenvalue weighted by Gasteiger charge is -2.21. The second kappa shape index (κ2) is 8.01. The number of esters is 1. The van der Waals surface area contributed by atoms with E-state index in [0.717, 1.165) is 22.5 Å². The molecule has 4 aromatic rings. The van der Waals surface area contributed by atoms with Crippen molar-refractivity contribution in [3.63, 3.8) is 0 Å². The predicted molar refractivity (Wildman–Crippen MR) is 112 cm³/mol. The van der Waals surface area contributed by atoms with E-state index in [4.69, 9.17) is 4.74 Å². The summed E-state index contributed by atoms with van der Waals surface area (Å²) in [7, 11) is 0. The molecule has 1 unspecified atom stereocenters. The number of ether oxygens (including phenoxy) is 1. The number of anilines is 1. The van der Waals surface area contributed by atoms with Crippen LogP contribution in [0.4, 0.5) is 5.69 Å². The number of hydrogen-bond acceptors (Lipinski definition) is 3. The smallest absolute Gasteiger partial charge is 0.340 e. The van der Waals surface area contributed by atoms with Crippen molar-refractivity contribution in [1.82, 2.24) is 4.40 Å². The van der Waals surface area contributed by atoms with Crippen molar-refractivity contribution in [3.8, 4) is 0 Å². The fourth-order valence-corrected chi connectivity index (χ4v) is 3.45. The minimum absolute atomic E-state index is 0.123. The zero-order valence-corrected chi connectivity index (χ0v) is 15.7. The van der Waals surface area contributed by atoms with Crippen LogP contribution in [0.2, 0.25) is 0 Å². The highest BCUT2D eigenvalue weighted by Gasteiger charge is 2.23. The SMILES string of the molecule is CCOC(=O)c1cc(C(Nc2ccccc2)c2ccccc2)n2ccccc12. The van der Waals surface area contributed by atoms with Gasteiger partial charge in [-0.05, 0) is 42.8 Å². The van der Waals surface area contributed by atoms with E-state index in [2.05, 4.69) is 21.9 Å². The standard InChI is InChI=1S/C24H22N2O2/c1-2-28-24(27)20-17-22(26-16-10-9-15-21(20)26)23(18-11-5-3-6-12-18)25-19-13-7-4-8-14-19/h3-17,23,25H,2H2,1H3. The Morgan fingerprint density at radius 2 is 1.64 bits per heavy atom. The first kappa shape index (κ1) is 17.9. The molecule has 4 rings (SSSR count). The maximum atomic E-state index is 12.5. The van der Waals surface area contributed by atoms with Gasteiger partial charge in [-0.25, -0.2) is 4.79 Å². The van der Waals surface area contributed by atoms with Crippen LogP contribution in [0, 0.1) is 0 Å². The summed E-state index contributed by atoms with van der Waals surface area (Å²) in [6.07, 6.45) is 1.98. The van der Waals surface area contributed by atoms with Crippen LogP contribution in [-0.4, -0.2) is 17.0 Å². The van der Waals surface area contributed by atoms with E-state index in [0.29, 0.717) is 12.2 Å². The van der Waals surface area contributed by atoms with E-state index >= 15 is 0 Å². The number of nitrogens with one attached hydrogen (secondary N) is 1. The minimum Gasteiger partial charge on any atom is -0.462 e. The lowest BCUT2D eigenvalue weighted by atomic mass is 10.0. The highest BCUT2D eigenvalue weighted by Crippen LogP contribution is 2.30. The first-order valence-corrected chi connectivity index (χ1v) is 9.41. The molecule has 0 fully saturated rings. The number of pyridine rings is 1. The van der Waals surface area contributed by atoms with E-state index < -0.39 is 0 Å². The fraction of sp³-hybridized carbons (Fsp3) is 0.125. The van der Waals surface area contributed by atoms with Crippen molar-refractivity contribution in [2.24, 2.45) is 0 Å². The number of fused-ring (bicyclic) bond motifs is 1. The average Bonchev–Trinajstić information content (AvgIpc) is 3.13. The van der Waals surface area contributed by atoms with Crippen molar-refractivity contribution in [3.05, 3.63) is 108 Å². The van der Waals surface area contributed by atoms with Crippen molar-refractivity contribution < 1.29 is 9.53 Å². The van der Waals surface area contributed by atoms with Gasteiger partial charge in [0.25, 0.3) is 0 Å². The zero-order chi connectivity index (χ0) is 19.3. The molecular formula is C24H22N2O2. The Labute approximate surface area is 164 Å². The average molecular weight is 370 g/mol. The van der Waals surface area contributed by atoms with E-state index in [1.807, 2.05) is 85.9 Å². The molecule has 4 nitrogen and oxygen atoms in total. The van der Waals surface area contributed by atoms with Crippen LogP contribution in [0.15, 0.2) is 91.1 Å². The van der Waals surface area contributed by atoms with Gasteiger partial charge in [0.1, 0.15) is 0 Å². The molecule has 0 radical (unpaired) electrons. The van der Waals surface area contributed by atoms with Crippen molar-refractivity contribution in [2.75, 3.05) is 11.9 Å².